The van der Waals surface area contributed by atoms with Crippen molar-refractivity contribution in [3.63, 3.8) is 0 Å². The van der Waals surface area contributed by atoms with Crippen LogP contribution in [0.25, 0.3) is 0 Å². The van der Waals surface area contributed by atoms with Gasteiger partial charge in [0.05, 0.1) is 5.69 Å². The highest BCUT2D eigenvalue weighted by atomic mass is 15.1. The summed E-state index contributed by atoms with van der Waals surface area (Å²) in [5.41, 5.74) is 3.26. The fourth-order valence-electron chi connectivity index (χ4n) is 3.43. The van der Waals surface area contributed by atoms with E-state index in [-0.39, 0.29) is 0 Å². The van der Waals surface area contributed by atoms with Crippen LogP contribution in [-0.4, -0.2) is 9.55 Å². The second-order valence-electron chi connectivity index (χ2n) is 6.20. The average molecular weight is 218 g/mol. The second kappa shape index (κ2) is 3.35. The van der Waals surface area contributed by atoms with Gasteiger partial charge in [-0.2, -0.15) is 0 Å². The highest BCUT2D eigenvalue weighted by Gasteiger charge is 2.34. The van der Waals surface area contributed by atoms with Gasteiger partial charge in [0, 0.05) is 23.6 Å². The normalized spacial score (nSPS) is 27.3. The predicted molar refractivity (Wildman–Crippen MR) is 65.8 cm³/mol. The van der Waals surface area contributed by atoms with E-state index in [4.69, 9.17) is 4.98 Å². The first-order chi connectivity index (χ1) is 7.59. The molecule has 0 spiro atoms. The van der Waals surface area contributed by atoms with Crippen LogP contribution in [0, 0.1) is 0 Å². The molecule has 1 atom stereocenters. The minimum absolute atomic E-state index is 0.303. The highest BCUT2D eigenvalue weighted by Crippen LogP contribution is 2.39. The number of imidazole rings is 1. The molecule has 2 nitrogen and oxygen atoms in total. The third-order valence-corrected chi connectivity index (χ3v) is 4.42. The van der Waals surface area contributed by atoms with Gasteiger partial charge in [-0.15, -0.1) is 0 Å². The van der Waals surface area contributed by atoms with E-state index >= 15 is 0 Å². The molecule has 3 rings (SSSR count). The summed E-state index contributed by atoms with van der Waals surface area (Å²) < 4.78 is 2.53. The van der Waals surface area contributed by atoms with Gasteiger partial charge in [0.15, 0.2) is 0 Å². The van der Waals surface area contributed by atoms with Gasteiger partial charge in [-0.1, -0.05) is 20.8 Å². The molecule has 0 bridgehead atoms. The molecule has 0 N–H and O–H groups in total. The lowest BCUT2D eigenvalue weighted by Crippen LogP contribution is -2.25. The maximum Gasteiger partial charge on any atom is 0.112 e. The first-order valence-corrected chi connectivity index (χ1v) is 6.69. The number of fused-ring (bicyclic) bond motifs is 3. The van der Waals surface area contributed by atoms with Gasteiger partial charge in [-0.25, -0.2) is 4.98 Å². The van der Waals surface area contributed by atoms with Crippen molar-refractivity contribution in [1.29, 1.82) is 0 Å². The minimum atomic E-state index is 0.303. The van der Waals surface area contributed by atoms with E-state index in [1.807, 2.05) is 0 Å². The summed E-state index contributed by atoms with van der Waals surface area (Å²) in [6, 6.07) is 0. The smallest absolute Gasteiger partial charge is 0.112 e. The summed E-state index contributed by atoms with van der Waals surface area (Å²) in [4.78, 5) is 4.99. The average Bonchev–Trinajstić information content (AvgIpc) is 2.60. The fraction of sp³-hybridized carbons (Fsp3) is 0.786. The van der Waals surface area contributed by atoms with Crippen molar-refractivity contribution >= 4 is 0 Å². The summed E-state index contributed by atoms with van der Waals surface area (Å²) in [6.45, 7) is 8.25. The largest absolute Gasteiger partial charge is 0.332 e. The molecule has 2 aliphatic rings. The van der Waals surface area contributed by atoms with Crippen molar-refractivity contribution in [3.8, 4) is 0 Å². The third-order valence-electron chi connectivity index (χ3n) is 4.42. The number of aromatic nitrogens is 2. The number of hydrogen-bond acceptors (Lipinski definition) is 1. The summed E-state index contributed by atoms with van der Waals surface area (Å²) in [7, 11) is 0. The Labute approximate surface area is 98.1 Å². The lowest BCUT2D eigenvalue weighted by Gasteiger charge is -2.29. The molecule has 2 heteroatoms. The monoisotopic (exact) mass is 218 g/mol. The van der Waals surface area contributed by atoms with Crippen LogP contribution < -0.4 is 0 Å². The number of hydrogen-bond donors (Lipinski definition) is 0. The molecule has 0 amide bonds. The molecule has 0 fully saturated rings. The first-order valence-electron chi connectivity index (χ1n) is 6.69. The van der Waals surface area contributed by atoms with Crippen molar-refractivity contribution in [2.45, 2.75) is 70.8 Å². The van der Waals surface area contributed by atoms with E-state index in [9.17, 15) is 0 Å². The Morgan fingerprint density at radius 3 is 2.94 bits per heavy atom. The van der Waals surface area contributed by atoms with Crippen LogP contribution in [0.3, 0.4) is 0 Å². The number of rotatable bonds is 0. The Bertz CT molecular complexity index is 415. The molecule has 16 heavy (non-hydrogen) atoms. The van der Waals surface area contributed by atoms with Crippen LogP contribution in [0.15, 0.2) is 0 Å². The molecule has 1 aliphatic carbocycles. The summed E-state index contributed by atoms with van der Waals surface area (Å²) >= 11 is 0. The van der Waals surface area contributed by atoms with Crippen molar-refractivity contribution in [1.82, 2.24) is 9.55 Å². The molecular formula is C14H22N2. The van der Waals surface area contributed by atoms with Crippen LogP contribution in [0.5, 0.6) is 0 Å². The van der Waals surface area contributed by atoms with Crippen LogP contribution in [0.1, 0.15) is 69.6 Å². The quantitative estimate of drug-likeness (QED) is 0.652. The van der Waals surface area contributed by atoms with Gasteiger partial charge in [-0.05, 0) is 32.1 Å². The third kappa shape index (κ3) is 1.35. The van der Waals surface area contributed by atoms with E-state index in [0.717, 1.165) is 0 Å². The van der Waals surface area contributed by atoms with Gasteiger partial charge in [0.25, 0.3) is 0 Å². The first kappa shape index (κ1) is 10.4. The molecule has 2 heterocycles. The van der Waals surface area contributed by atoms with E-state index < -0.39 is 0 Å². The minimum Gasteiger partial charge on any atom is -0.332 e. The van der Waals surface area contributed by atoms with Gasteiger partial charge < -0.3 is 4.57 Å². The fourth-order valence-corrected chi connectivity index (χ4v) is 3.43. The summed E-state index contributed by atoms with van der Waals surface area (Å²) in [5, 5.41) is 0. The standard InChI is InChI=1S/C14H22N2/c1-10-6-5-9-16-11-7-4-8-14(2,3)12(11)15-13(10)16/h10H,4-9H2,1-3H3. The predicted octanol–water partition coefficient (Wildman–Crippen LogP) is 3.39. The SMILES string of the molecule is CC1CCCn2c1nc1c2CCCC1(C)C. The maximum atomic E-state index is 4.99. The van der Waals surface area contributed by atoms with E-state index in [1.54, 1.807) is 5.69 Å². The van der Waals surface area contributed by atoms with Crippen LogP contribution >= 0.6 is 0 Å². The molecular weight excluding hydrogens is 196 g/mol. The van der Waals surface area contributed by atoms with Gasteiger partial charge in [0.2, 0.25) is 0 Å². The Hall–Kier alpha value is -0.790. The van der Waals surface area contributed by atoms with Gasteiger partial charge in [0.1, 0.15) is 5.82 Å². The van der Waals surface area contributed by atoms with Crippen LogP contribution in [-0.2, 0) is 18.4 Å². The maximum absolute atomic E-state index is 4.99. The topological polar surface area (TPSA) is 17.8 Å². The van der Waals surface area contributed by atoms with E-state index in [1.165, 1.54) is 50.2 Å². The van der Waals surface area contributed by atoms with Crippen molar-refractivity contribution in [2.24, 2.45) is 0 Å². The second-order valence-corrected chi connectivity index (χ2v) is 6.20. The number of nitrogens with zero attached hydrogens (tertiary/aromatic N) is 2. The Morgan fingerprint density at radius 1 is 1.31 bits per heavy atom. The molecule has 0 saturated heterocycles. The van der Waals surface area contributed by atoms with Gasteiger partial charge in [-0.3, -0.25) is 0 Å². The lowest BCUT2D eigenvalue weighted by atomic mass is 9.78. The molecule has 1 unspecified atom stereocenters. The highest BCUT2D eigenvalue weighted by molar-refractivity contribution is 5.29. The van der Waals surface area contributed by atoms with Crippen LogP contribution in [0.2, 0.25) is 0 Å². The van der Waals surface area contributed by atoms with Crippen molar-refractivity contribution < 1.29 is 0 Å². The molecule has 1 aliphatic heterocycles. The summed E-state index contributed by atoms with van der Waals surface area (Å²) in [6.07, 6.45) is 6.52. The van der Waals surface area contributed by atoms with E-state index in [0.29, 0.717) is 11.3 Å². The zero-order valence-electron chi connectivity index (χ0n) is 10.7. The van der Waals surface area contributed by atoms with Crippen molar-refractivity contribution in [2.75, 3.05) is 0 Å². The lowest BCUT2D eigenvalue weighted by molar-refractivity contribution is 0.408. The molecule has 1 aromatic rings. The Morgan fingerprint density at radius 2 is 2.12 bits per heavy atom. The van der Waals surface area contributed by atoms with E-state index in [2.05, 4.69) is 25.3 Å². The van der Waals surface area contributed by atoms with Crippen LogP contribution in [0.4, 0.5) is 0 Å². The Balaban J connectivity index is 2.16. The zero-order chi connectivity index (χ0) is 11.3. The molecule has 1 aromatic heterocycles. The molecule has 0 radical (unpaired) electrons. The summed E-state index contributed by atoms with van der Waals surface area (Å²) in [5.74, 6) is 2.03. The molecule has 0 aromatic carbocycles. The van der Waals surface area contributed by atoms with Crippen molar-refractivity contribution in [3.05, 3.63) is 17.2 Å². The zero-order valence-corrected chi connectivity index (χ0v) is 10.7. The molecule has 0 saturated carbocycles. The Kier molecular flexibility index (Phi) is 2.17. The molecule has 88 valence electrons. The van der Waals surface area contributed by atoms with Gasteiger partial charge >= 0.3 is 0 Å².